The highest BCUT2D eigenvalue weighted by molar-refractivity contribution is 6.62. The monoisotopic (exact) mass is 465 g/mol. The molecule has 1 heterocycles. The van der Waals surface area contributed by atoms with Gasteiger partial charge in [-0.05, 0) is 78.1 Å². The second-order valence-corrected chi connectivity index (χ2v) is 10.7. The van der Waals surface area contributed by atoms with E-state index in [1.165, 1.54) is 0 Å². The van der Waals surface area contributed by atoms with Crippen LogP contribution in [0.3, 0.4) is 0 Å². The Morgan fingerprint density at radius 1 is 1.06 bits per heavy atom. The Hall–Kier alpha value is -2.77. The van der Waals surface area contributed by atoms with E-state index in [2.05, 4.69) is 5.32 Å². The summed E-state index contributed by atoms with van der Waals surface area (Å²) in [4.78, 5) is 12.4. The van der Waals surface area contributed by atoms with Crippen molar-refractivity contribution < 1.29 is 23.9 Å². The number of aliphatic hydroxyl groups excluding tert-OH is 1. The molecule has 0 aliphatic carbocycles. The molecule has 182 valence electrons. The lowest BCUT2D eigenvalue weighted by molar-refractivity contribution is 0.00578. The van der Waals surface area contributed by atoms with Crippen molar-refractivity contribution >= 4 is 30.4 Å². The number of carbonyl (C=O) groups is 1. The van der Waals surface area contributed by atoms with Crippen molar-refractivity contribution in [3.63, 3.8) is 0 Å². The summed E-state index contributed by atoms with van der Waals surface area (Å²) in [7, 11) is -0.556. The average molecular weight is 465 g/mol. The first-order chi connectivity index (χ1) is 15.8. The first-order valence-corrected chi connectivity index (χ1v) is 11.7. The number of hydrogen-bond donors (Lipinski definition) is 2. The lowest BCUT2D eigenvalue weighted by Crippen LogP contribution is -2.41. The first kappa shape index (κ1) is 25.9. The van der Waals surface area contributed by atoms with Crippen molar-refractivity contribution in [3.8, 4) is 0 Å². The van der Waals surface area contributed by atoms with Gasteiger partial charge >= 0.3 is 13.2 Å². The third kappa shape index (κ3) is 6.64. The number of rotatable bonds is 6. The predicted molar refractivity (Wildman–Crippen MR) is 137 cm³/mol. The fourth-order valence-corrected chi connectivity index (χ4v) is 3.52. The van der Waals surface area contributed by atoms with Gasteiger partial charge in [0.2, 0.25) is 0 Å². The molecule has 2 aromatic rings. The predicted octanol–water partition coefficient (Wildman–Crippen LogP) is 5.86. The van der Waals surface area contributed by atoms with Crippen LogP contribution in [0.5, 0.6) is 0 Å². The van der Waals surface area contributed by atoms with Crippen LogP contribution in [0.25, 0.3) is 6.08 Å². The minimum absolute atomic E-state index is 0.210. The topological polar surface area (TPSA) is 77.0 Å². The summed E-state index contributed by atoms with van der Waals surface area (Å²) in [5.41, 5.74) is 1.54. The van der Waals surface area contributed by atoms with Gasteiger partial charge in [0.05, 0.1) is 22.6 Å². The van der Waals surface area contributed by atoms with Crippen molar-refractivity contribution in [3.05, 3.63) is 65.4 Å². The molecule has 0 spiro atoms. The van der Waals surface area contributed by atoms with Gasteiger partial charge in [0.1, 0.15) is 5.60 Å². The third-order valence-corrected chi connectivity index (χ3v) is 6.07. The molecule has 0 aromatic heterocycles. The molecule has 2 N–H and O–H groups in total. The van der Waals surface area contributed by atoms with Crippen LogP contribution in [-0.4, -0.2) is 35.1 Å². The zero-order chi connectivity index (χ0) is 25.1. The quantitative estimate of drug-likeness (QED) is 0.413. The van der Waals surface area contributed by atoms with Crippen molar-refractivity contribution in [2.24, 2.45) is 0 Å². The van der Waals surface area contributed by atoms with E-state index in [4.69, 9.17) is 14.0 Å². The lowest BCUT2D eigenvalue weighted by Gasteiger charge is -2.32. The Bertz CT molecular complexity index is 1020. The molecule has 6 nitrogen and oxygen atoms in total. The van der Waals surface area contributed by atoms with Crippen molar-refractivity contribution in [2.75, 3.05) is 5.32 Å². The third-order valence-electron chi connectivity index (χ3n) is 6.07. The second kappa shape index (κ2) is 9.84. The number of benzene rings is 2. The fourth-order valence-electron chi connectivity index (χ4n) is 3.52. The molecule has 7 heteroatoms. The molecule has 2 aromatic carbocycles. The van der Waals surface area contributed by atoms with Crippen LogP contribution in [0.1, 0.15) is 66.0 Å². The summed E-state index contributed by atoms with van der Waals surface area (Å²) < 4.78 is 17.8. The number of nitrogens with one attached hydrogen (secondary N) is 1. The van der Waals surface area contributed by atoms with Gasteiger partial charge in [-0.3, -0.25) is 5.32 Å². The van der Waals surface area contributed by atoms with Gasteiger partial charge < -0.3 is 19.2 Å². The van der Waals surface area contributed by atoms with Gasteiger partial charge in [-0.15, -0.1) is 0 Å². The number of carbonyl (C=O) groups excluding carboxylic acids is 1. The maximum absolute atomic E-state index is 12.4. The van der Waals surface area contributed by atoms with E-state index in [1.54, 1.807) is 12.1 Å². The maximum atomic E-state index is 12.4. The van der Waals surface area contributed by atoms with Gasteiger partial charge in [0.15, 0.2) is 0 Å². The van der Waals surface area contributed by atoms with Gasteiger partial charge in [0, 0.05) is 12.0 Å². The summed E-state index contributed by atoms with van der Waals surface area (Å²) in [6, 6.07) is 15.5. The molecule has 1 saturated heterocycles. The Balaban J connectivity index is 1.87. The molecule has 0 radical (unpaired) electrons. The highest BCUT2D eigenvalue weighted by Gasteiger charge is 2.51. The van der Waals surface area contributed by atoms with Crippen LogP contribution in [0.15, 0.2) is 54.3 Å². The molecule has 1 aliphatic rings. The van der Waals surface area contributed by atoms with Crippen LogP contribution in [-0.2, 0) is 20.5 Å². The van der Waals surface area contributed by atoms with Crippen LogP contribution in [0.4, 0.5) is 10.5 Å². The summed E-state index contributed by atoms with van der Waals surface area (Å²) in [5, 5.41) is 13.5. The molecule has 0 unspecified atom stereocenters. The lowest BCUT2D eigenvalue weighted by atomic mass is 9.78. The average Bonchev–Trinajstić information content (AvgIpc) is 2.94. The van der Waals surface area contributed by atoms with Crippen molar-refractivity contribution in [1.82, 2.24) is 0 Å². The van der Waals surface area contributed by atoms with E-state index < -0.39 is 30.0 Å². The fraction of sp³-hybridized carbons (Fsp3) is 0.444. The summed E-state index contributed by atoms with van der Waals surface area (Å²) in [5.74, 6) is 0.210. The molecule has 0 atom stereocenters. The standard InChI is InChI=1S/C27H36BNO5/c1-25(2,3)32-24(31)29-23-16-14-21(28-33-26(4,5)27(6,7)34-28)17-20(23)18-22(30)15-13-19-11-9-8-10-12-19/h8-12,14,16-18,30H,13,15H2,1-7H3,(H,29,31)/b22-18-. The Morgan fingerprint density at radius 3 is 2.26 bits per heavy atom. The Morgan fingerprint density at radius 2 is 1.68 bits per heavy atom. The molecule has 0 bridgehead atoms. The van der Waals surface area contributed by atoms with Crippen LogP contribution in [0, 0.1) is 0 Å². The van der Waals surface area contributed by atoms with Crippen LogP contribution >= 0.6 is 0 Å². The minimum Gasteiger partial charge on any atom is -0.512 e. The molecule has 3 rings (SSSR count). The molecule has 34 heavy (non-hydrogen) atoms. The van der Waals surface area contributed by atoms with E-state index in [0.29, 0.717) is 24.1 Å². The number of hydrogen-bond acceptors (Lipinski definition) is 5. The van der Waals surface area contributed by atoms with Crippen molar-refractivity contribution in [1.29, 1.82) is 0 Å². The van der Waals surface area contributed by atoms with Gasteiger partial charge in [-0.1, -0.05) is 42.5 Å². The minimum atomic E-state index is -0.624. The molecule has 1 amide bonds. The number of aryl methyl sites for hydroxylation is 1. The highest BCUT2D eigenvalue weighted by Crippen LogP contribution is 2.36. The number of anilines is 1. The second-order valence-electron chi connectivity index (χ2n) is 10.7. The largest absolute Gasteiger partial charge is 0.512 e. The Labute approximate surface area is 203 Å². The number of aliphatic hydroxyl groups is 1. The normalized spacial score (nSPS) is 17.5. The van der Waals surface area contributed by atoms with Gasteiger partial charge in [-0.25, -0.2) is 4.79 Å². The molecular formula is C27H36BNO5. The maximum Gasteiger partial charge on any atom is 0.494 e. The number of ether oxygens (including phenoxy) is 1. The summed E-state index contributed by atoms with van der Waals surface area (Å²) in [6.45, 7) is 13.4. The van der Waals surface area contributed by atoms with E-state index >= 15 is 0 Å². The zero-order valence-electron chi connectivity index (χ0n) is 21.3. The van der Waals surface area contributed by atoms with Crippen molar-refractivity contribution in [2.45, 2.75) is 78.1 Å². The molecule has 1 fully saturated rings. The smallest absolute Gasteiger partial charge is 0.494 e. The molecule has 0 saturated carbocycles. The highest BCUT2D eigenvalue weighted by atomic mass is 16.7. The SMILES string of the molecule is CC(C)(C)OC(=O)Nc1ccc(B2OC(C)(C)C(C)(C)O2)cc1/C=C(\O)CCc1ccccc1. The van der Waals surface area contributed by atoms with Crippen LogP contribution in [0.2, 0.25) is 0 Å². The number of allylic oxidation sites excluding steroid dienone is 1. The van der Waals surface area contributed by atoms with E-state index in [0.717, 1.165) is 11.0 Å². The Kier molecular flexibility index (Phi) is 7.48. The molecule has 1 aliphatic heterocycles. The van der Waals surface area contributed by atoms with E-state index in [-0.39, 0.29) is 5.76 Å². The van der Waals surface area contributed by atoms with E-state index in [1.807, 2.05) is 90.9 Å². The summed E-state index contributed by atoms with van der Waals surface area (Å²) >= 11 is 0. The summed E-state index contributed by atoms with van der Waals surface area (Å²) in [6.07, 6.45) is 2.28. The number of amides is 1. The van der Waals surface area contributed by atoms with Gasteiger partial charge in [-0.2, -0.15) is 0 Å². The van der Waals surface area contributed by atoms with Crippen LogP contribution < -0.4 is 10.8 Å². The van der Waals surface area contributed by atoms with Gasteiger partial charge in [0.25, 0.3) is 0 Å². The molecular weight excluding hydrogens is 429 g/mol. The van der Waals surface area contributed by atoms with E-state index in [9.17, 15) is 9.90 Å². The first-order valence-electron chi connectivity index (χ1n) is 11.7. The zero-order valence-corrected chi connectivity index (χ0v) is 21.3.